The Hall–Kier alpha value is -0.230. The van der Waals surface area contributed by atoms with E-state index < -0.39 is 0 Å². The van der Waals surface area contributed by atoms with Gasteiger partial charge in [-0.2, -0.15) is 0 Å². The topological polar surface area (TPSA) is 24.9 Å². The molecule has 1 atom stereocenters. The number of halogens is 1. The van der Waals surface area contributed by atoms with E-state index in [2.05, 4.69) is 44.6 Å². The van der Waals surface area contributed by atoms with Crippen LogP contribution in [-0.4, -0.2) is 11.5 Å². The molecule has 0 radical (unpaired) electrons. The highest BCUT2D eigenvalue weighted by Gasteiger charge is 2.14. The predicted octanol–water partition coefficient (Wildman–Crippen LogP) is 3.86. The number of thiophene rings is 1. The second kappa shape index (κ2) is 5.91. The van der Waals surface area contributed by atoms with Crippen molar-refractivity contribution < 1.29 is 0 Å². The fourth-order valence-corrected chi connectivity index (χ4v) is 3.74. The fraction of sp³-hybridized carbons (Fsp3) is 0.364. The second-order valence-corrected chi connectivity index (χ2v) is 6.25. The lowest BCUT2D eigenvalue weighted by molar-refractivity contribution is 0.557. The maximum absolute atomic E-state index is 4.34. The summed E-state index contributed by atoms with van der Waals surface area (Å²) in [6, 6.07) is 2.57. The molecular formula is C11H13BrN2S2. The second-order valence-electron chi connectivity index (χ2n) is 3.41. The maximum Gasteiger partial charge on any atom is 0.0944 e. The van der Waals surface area contributed by atoms with Crippen molar-refractivity contribution >= 4 is 38.6 Å². The Labute approximate surface area is 112 Å². The summed E-state index contributed by atoms with van der Waals surface area (Å²) in [7, 11) is 0. The molecule has 2 heterocycles. The summed E-state index contributed by atoms with van der Waals surface area (Å²) in [5.41, 5.74) is 0. The molecule has 0 amide bonds. The van der Waals surface area contributed by atoms with E-state index in [1.165, 1.54) is 9.88 Å². The first-order chi connectivity index (χ1) is 7.79. The number of rotatable bonds is 5. The standard InChI is InChI=1S/C11H13BrN2S2/c1-2-13-9(6-11-14-3-4-15-11)10-5-8(12)7-16-10/h3-5,7,9,13H,2,6H2,1H3. The van der Waals surface area contributed by atoms with Crippen molar-refractivity contribution in [2.75, 3.05) is 6.54 Å². The third-order valence-electron chi connectivity index (χ3n) is 2.24. The molecule has 2 rings (SSSR count). The molecular weight excluding hydrogens is 304 g/mol. The van der Waals surface area contributed by atoms with Crippen molar-refractivity contribution in [3.63, 3.8) is 0 Å². The maximum atomic E-state index is 4.34. The minimum atomic E-state index is 0.382. The Morgan fingerprint density at radius 3 is 2.94 bits per heavy atom. The summed E-state index contributed by atoms with van der Waals surface area (Å²) in [6.45, 7) is 3.11. The third kappa shape index (κ3) is 3.13. The minimum absolute atomic E-state index is 0.382. The van der Waals surface area contributed by atoms with Crippen molar-refractivity contribution in [1.29, 1.82) is 0 Å². The Kier molecular flexibility index (Phi) is 4.52. The van der Waals surface area contributed by atoms with Gasteiger partial charge in [0.1, 0.15) is 0 Å². The van der Waals surface area contributed by atoms with Gasteiger partial charge in [-0.05, 0) is 28.5 Å². The molecule has 0 aliphatic rings. The zero-order valence-corrected chi connectivity index (χ0v) is 12.2. The molecule has 2 nitrogen and oxygen atoms in total. The van der Waals surface area contributed by atoms with Gasteiger partial charge in [-0.1, -0.05) is 6.92 Å². The Balaban J connectivity index is 2.11. The zero-order chi connectivity index (χ0) is 11.4. The SMILES string of the molecule is CCNC(Cc1nccs1)c1cc(Br)cs1. The number of nitrogens with zero attached hydrogens (tertiary/aromatic N) is 1. The summed E-state index contributed by atoms with van der Waals surface area (Å²) >= 11 is 7.01. The van der Waals surface area contributed by atoms with Crippen LogP contribution in [0.5, 0.6) is 0 Å². The van der Waals surface area contributed by atoms with Crippen molar-refractivity contribution in [2.24, 2.45) is 0 Å². The third-order valence-corrected chi connectivity index (χ3v) is 4.85. The molecule has 0 aromatic carbocycles. The largest absolute Gasteiger partial charge is 0.309 e. The lowest BCUT2D eigenvalue weighted by Gasteiger charge is -2.14. The number of hydrogen-bond donors (Lipinski definition) is 1. The van der Waals surface area contributed by atoms with Crippen LogP contribution in [0.2, 0.25) is 0 Å². The minimum Gasteiger partial charge on any atom is -0.309 e. The summed E-state index contributed by atoms with van der Waals surface area (Å²) in [6.07, 6.45) is 2.84. The number of thiazole rings is 1. The fourth-order valence-electron chi connectivity index (χ4n) is 1.56. The number of likely N-dealkylation sites (N-methyl/N-ethyl adjacent to an activating group) is 1. The van der Waals surface area contributed by atoms with Crippen LogP contribution in [-0.2, 0) is 6.42 Å². The Bertz CT molecular complexity index is 425. The molecule has 16 heavy (non-hydrogen) atoms. The summed E-state index contributed by atoms with van der Waals surface area (Å²) in [5.74, 6) is 0. The molecule has 0 aliphatic carbocycles. The quantitative estimate of drug-likeness (QED) is 0.906. The number of aromatic nitrogens is 1. The van der Waals surface area contributed by atoms with Crippen LogP contribution in [0.15, 0.2) is 27.5 Å². The molecule has 0 aliphatic heterocycles. The number of hydrogen-bond acceptors (Lipinski definition) is 4. The first-order valence-electron chi connectivity index (χ1n) is 5.15. The molecule has 0 spiro atoms. The van der Waals surface area contributed by atoms with E-state index in [0.29, 0.717) is 6.04 Å². The number of nitrogens with one attached hydrogen (secondary N) is 1. The van der Waals surface area contributed by atoms with Crippen molar-refractivity contribution in [1.82, 2.24) is 10.3 Å². The molecule has 2 aromatic heterocycles. The lowest BCUT2D eigenvalue weighted by Crippen LogP contribution is -2.21. The average Bonchev–Trinajstić information content (AvgIpc) is 2.88. The highest BCUT2D eigenvalue weighted by molar-refractivity contribution is 9.10. The van der Waals surface area contributed by atoms with Gasteiger partial charge in [0, 0.05) is 38.8 Å². The Morgan fingerprint density at radius 2 is 2.38 bits per heavy atom. The van der Waals surface area contributed by atoms with E-state index in [9.17, 15) is 0 Å². The summed E-state index contributed by atoms with van der Waals surface area (Å²) < 4.78 is 1.16. The van der Waals surface area contributed by atoms with Crippen LogP contribution in [0.1, 0.15) is 22.9 Å². The van der Waals surface area contributed by atoms with E-state index in [1.807, 2.05) is 11.6 Å². The van der Waals surface area contributed by atoms with Crippen molar-refractivity contribution in [2.45, 2.75) is 19.4 Å². The highest BCUT2D eigenvalue weighted by Crippen LogP contribution is 2.28. The monoisotopic (exact) mass is 316 g/mol. The molecule has 0 saturated heterocycles. The molecule has 0 saturated carbocycles. The Morgan fingerprint density at radius 1 is 1.50 bits per heavy atom. The average molecular weight is 317 g/mol. The van der Waals surface area contributed by atoms with E-state index >= 15 is 0 Å². The predicted molar refractivity (Wildman–Crippen MR) is 74.3 cm³/mol. The van der Waals surface area contributed by atoms with Gasteiger partial charge in [-0.15, -0.1) is 22.7 Å². The molecule has 2 aromatic rings. The van der Waals surface area contributed by atoms with E-state index in [4.69, 9.17) is 0 Å². The van der Waals surface area contributed by atoms with Gasteiger partial charge < -0.3 is 5.32 Å². The van der Waals surface area contributed by atoms with Gasteiger partial charge in [0.15, 0.2) is 0 Å². The van der Waals surface area contributed by atoms with E-state index in [-0.39, 0.29) is 0 Å². The summed E-state index contributed by atoms with van der Waals surface area (Å²) in [4.78, 5) is 5.71. The van der Waals surface area contributed by atoms with Crippen LogP contribution in [0.25, 0.3) is 0 Å². The van der Waals surface area contributed by atoms with E-state index in [0.717, 1.165) is 17.4 Å². The van der Waals surface area contributed by atoms with Gasteiger partial charge in [0.25, 0.3) is 0 Å². The molecule has 1 unspecified atom stereocenters. The van der Waals surface area contributed by atoms with Crippen LogP contribution < -0.4 is 5.32 Å². The van der Waals surface area contributed by atoms with Gasteiger partial charge in [-0.3, -0.25) is 0 Å². The van der Waals surface area contributed by atoms with Crippen molar-refractivity contribution in [3.8, 4) is 0 Å². The van der Waals surface area contributed by atoms with Crippen molar-refractivity contribution in [3.05, 3.63) is 37.4 Å². The first-order valence-corrected chi connectivity index (χ1v) is 7.70. The molecule has 1 N–H and O–H groups in total. The van der Waals surface area contributed by atoms with Crippen LogP contribution in [0, 0.1) is 0 Å². The molecule has 5 heteroatoms. The zero-order valence-electron chi connectivity index (χ0n) is 8.94. The molecule has 0 bridgehead atoms. The van der Waals surface area contributed by atoms with Crippen LogP contribution in [0.4, 0.5) is 0 Å². The molecule has 0 fully saturated rings. The highest BCUT2D eigenvalue weighted by atomic mass is 79.9. The van der Waals surface area contributed by atoms with Gasteiger partial charge >= 0.3 is 0 Å². The van der Waals surface area contributed by atoms with Gasteiger partial charge in [-0.25, -0.2) is 4.98 Å². The molecule has 86 valence electrons. The first kappa shape index (κ1) is 12.2. The van der Waals surface area contributed by atoms with Crippen LogP contribution in [0.3, 0.4) is 0 Å². The van der Waals surface area contributed by atoms with Gasteiger partial charge in [0.05, 0.1) is 5.01 Å². The van der Waals surface area contributed by atoms with E-state index in [1.54, 1.807) is 22.7 Å². The van der Waals surface area contributed by atoms with Gasteiger partial charge in [0.2, 0.25) is 0 Å². The smallest absolute Gasteiger partial charge is 0.0944 e. The normalized spacial score (nSPS) is 12.9. The summed E-state index contributed by atoms with van der Waals surface area (Å²) in [5, 5.41) is 8.85. The lowest BCUT2D eigenvalue weighted by atomic mass is 10.2. The van der Waals surface area contributed by atoms with Crippen LogP contribution >= 0.6 is 38.6 Å².